The average molecular weight is 294 g/mol. The Morgan fingerprint density at radius 3 is 2.43 bits per heavy atom. The van der Waals surface area contributed by atoms with Crippen molar-refractivity contribution in [3.05, 3.63) is 11.4 Å². The number of nitrogens with two attached hydrogens (primary N) is 1. The molecule has 1 aliphatic heterocycles. The fraction of sp³-hybridized carbons (Fsp3) is 0.733. The van der Waals surface area contributed by atoms with Crippen LogP contribution in [0.15, 0.2) is 0 Å². The molecule has 2 heterocycles. The van der Waals surface area contributed by atoms with Crippen LogP contribution in [0.1, 0.15) is 45.0 Å². The molecule has 0 amide bonds. The number of hydrogen-bond donors (Lipinski definition) is 3. The van der Waals surface area contributed by atoms with Crippen molar-refractivity contribution in [1.82, 2.24) is 9.97 Å². The van der Waals surface area contributed by atoms with Gasteiger partial charge in [-0.25, -0.2) is 9.97 Å². The third-order valence-corrected chi connectivity index (χ3v) is 3.99. The van der Waals surface area contributed by atoms with Crippen molar-refractivity contribution in [1.29, 1.82) is 0 Å². The van der Waals surface area contributed by atoms with E-state index >= 15 is 0 Å². The topological polar surface area (TPSA) is 93.3 Å². The van der Waals surface area contributed by atoms with Crippen molar-refractivity contribution in [2.45, 2.75) is 51.5 Å². The molecular weight excluding hydrogens is 268 g/mol. The molecule has 6 heteroatoms. The van der Waals surface area contributed by atoms with Crippen LogP contribution < -0.4 is 11.1 Å². The lowest BCUT2D eigenvalue weighted by Crippen LogP contribution is -2.47. The predicted molar refractivity (Wildman–Crippen MR) is 83.4 cm³/mol. The molecular formula is C15H26N4O2. The number of aliphatic hydroxyl groups excluding tert-OH is 1. The van der Waals surface area contributed by atoms with E-state index < -0.39 is 0 Å². The highest BCUT2D eigenvalue weighted by molar-refractivity contribution is 5.56. The Bertz CT molecular complexity index is 505. The third kappa shape index (κ3) is 3.44. The quantitative estimate of drug-likeness (QED) is 0.784. The van der Waals surface area contributed by atoms with Gasteiger partial charge in [0.1, 0.15) is 17.5 Å². The maximum absolute atomic E-state index is 9.80. The van der Waals surface area contributed by atoms with E-state index in [1.807, 2.05) is 6.92 Å². The molecule has 0 unspecified atom stereocenters. The van der Waals surface area contributed by atoms with Crippen molar-refractivity contribution in [2.24, 2.45) is 0 Å². The van der Waals surface area contributed by atoms with E-state index in [9.17, 15) is 5.11 Å². The lowest BCUT2D eigenvalue weighted by Gasteiger charge is -2.37. The summed E-state index contributed by atoms with van der Waals surface area (Å²) in [5, 5.41) is 13.2. The van der Waals surface area contributed by atoms with Crippen molar-refractivity contribution in [2.75, 3.05) is 30.9 Å². The molecule has 0 saturated carbocycles. The molecule has 0 atom stereocenters. The Balaban J connectivity index is 2.36. The van der Waals surface area contributed by atoms with Gasteiger partial charge >= 0.3 is 0 Å². The normalized spacial score (nSPS) is 18.5. The molecule has 1 saturated heterocycles. The number of aliphatic hydroxyl groups is 1. The second kappa shape index (κ2) is 5.77. The molecule has 1 fully saturated rings. The van der Waals surface area contributed by atoms with Gasteiger partial charge in [0.05, 0.1) is 12.1 Å². The van der Waals surface area contributed by atoms with Gasteiger partial charge < -0.3 is 20.9 Å². The highest BCUT2D eigenvalue weighted by Crippen LogP contribution is 2.30. The number of aromatic nitrogens is 2. The van der Waals surface area contributed by atoms with Gasteiger partial charge in [0, 0.05) is 24.2 Å². The first-order chi connectivity index (χ1) is 9.77. The van der Waals surface area contributed by atoms with Crippen LogP contribution in [0.2, 0.25) is 0 Å². The SMILES string of the molecule is Cc1c(N)nc(C(C)(C)C)nc1NC1(CO)CCOCC1. The van der Waals surface area contributed by atoms with E-state index in [4.69, 9.17) is 10.5 Å². The molecule has 4 N–H and O–H groups in total. The average Bonchev–Trinajstić information content (AvgIpc) is 2.43. The minimum Gasteiger partial charge on any atom is -0.394 e. The van der Waals surface area contributed by atoms with Crippen molar-refractivity contribution in [3.8, 4) is 0 Å². The molecule has 21 heavy (non-hydrogen) atoms. The molecule has 6 nitrogen and oxygen atoms in total. The predicted octanol–water partition coefficient (Wildman–Crippen LogP) is 1.62. The first-order valence-corrected chi connectivity index (χ1v) is 7.39. The van der Waals surface area contributed by atoms with Gasteiger partial charge in [0.25, 0.3) is 0 Å². The summed E-state index contributed by atoms with van der Waals surface area (Å²) in [7, 11) is 0. The summed E-state index contributed by atoms with van der Waals surface area (Å²) in [6, 6.07) is 0. The summed E-state index contributed by atoms with van der Waals surface area (Å²) in [6.45, 7) is 9.38. The number of nitrogens with one attached hydrogen (secondary N) is 1. The van der Waals surface area contributed by atoms with E-state index in [0.29, 0.717) is 30.7 Å². The maximum Gasteiger partial charge on any atom is 0.138 e. The van der Waals surface area contributed by atoms with Crippen LogP contribution in [-0.4, -0.2) is 40.4 Å². The number of hydrogen-bond acceptors (Lipinski definition) is 6. The minimum absolute atomic E-state index is 0.0462. The lowest BCUT2D eigenvalue weighted by molar-refractivity contribution is 0.0378. The van der Waals surface area contributed by atoms with E-state index in [-0.39, 0.29) is 17.6 Å². The Morgan fingerprint density at radius 1 is 1.29 bits per heavy atom. The van der Waals surface area contributed by atoms with Gasteiger partial charge in [-0.3, -0.25) is 0 Å². The number of nitrogens with zero attached hydrogens (tertiary/aromatic N) is 2. The summed E-state index contributed by atoms with van der Waals surface area (Å²) >= 11 is 0. The van der Waals surface area contributed by atoms with E-state index in [0.717, 1.165) is 18.4 Å². The summed E-state index contributed by atoms with van der Waals surface area (Å²) in [6.07, 6.45) is 1.50. The molecule has 0 bridgehead atoms. The van der Waals surface area contributed by atoms with Crippen LogP contribution in [0.3, 0.4) is 0 Å². The molecule has 0 radical (unpaired) electrons. The summed E-state index contributed by atoms with van der Waals surface area (Å²) in [5.41, 5.74) is 6.28. The minimum atomic E-state index is -0.390. The monoisotopic (exact) mass is 294 g/mol. The largest absolute Gasteiger partial charge is 0.394 e. The highest BCUT2D eigenvalue weighted by atomic mass is 16.5. The Hall–Kier alpha value is -1.40. The molecule has 0 aliphatic carbocycles. The van der Waals surface area contributed by atoms with Crippen LogP contribution in [0.5, 0.6) is 0 Å². The lowest BCUT2D eigenvalue weighted by atomic mass is 9.90. The molecule has 0 aromatic carbocycles. The first-order valence-electron chi connectivity index (χ1n) is 7.39. The first kappa shape index (κ1) is 16.0. The molecule has 2 rings (SSSR count). The Labute approximate surface area is 126 Å². The van der Waals surface area contributed by atoms with Gasteiger partial charge in [-0.15, -0.1) is 0 Å². The summed E-state index contributed by atoms with van der Waals surface area (Å²) < 4.78 is 5.39. The van der Waals surface area contributed by atoms with Crippen LogP contribution in [0.4, 0.5) is 11.6 Å². The standard InChI is InChI=1S/C15H26N4O2/c1-10-11(16)17-13(14(2,3)4)18-12(10)19-15(9-20)5-7-21-8-6-15/h20H,5-9H2,1-4H3,(H3,16,17,18,19). The number of rotatable bonds is 3. The number of anilines is 2. The zero-order chi connectivity index (χ0) is 15.7. The van der Waals surface area contributed by atoms with E-state index in [1.165, 1.54) is 0 Å². The zero-order valence-corrected chi connectivity index (χ0v) is 13.4. The van der Waals surface area contributed by atoms with Crippen molar-refractivity contribution >= 4 is 11.6 Å². The van der Waals surface area contributed by atoms with Crippen LogP contribution in [0, 0.1) is 6.92 Å². The Morgan fingerprint density at radius 2 is 1.90 bits per heavy atom. The van der Waals surface area contributed by atoms with Gasteiger partial charge in [-0.1, -0.05) is 20.8 Å². The van der Waals surface area contributed by atoms with E-state index in [1.54, 1.807) is 0 Å². The van der Waals surface area contributed by atoms with Gasteiger partial charge in [0.2, 0.25) is 0 Å². The fourth-order valence-corrected chi connectivity index (χ4v) is 2.33. The zero-order valence-electron chi connectivity index (χ0n) is 13.4. The van der Waals surface area contributed by atoms with Gasteiger partial charge in [-0.05, 0) is 19.8 Å². The molecule has 1 aliphatic rings. The summed E-state index contributed by atoms with van der Waals surface area (Å²) in [4.78, 5) is 9.02. The molecule has 118 valence electrons. The number of nitrogen functional groups attached to an aromatic ring is 1. The van der Waals surface area contributed by atoms with Crippen LogP contribution in [0.25, 0.3) is 0 Å². The fourth-order valence-electron chi connectivity index (χ4n) is 2.33. The van der Waals surface area contributed by atoms with Crippen LogP contribution in [-0.2, 0) is 10.2 Å². The van der Waals surface area contributed by atoms with Crippen LogP contribution >= 0.6 is 0 Å². The Kier molecular flexibility index (Phi) is 4.39. The summed E-state index contributed by atoms with van der Waals surface area (Å²) in [5.74, 6) is 1.90. The number of ether oxygens (including phenoxy) is 1. The smallest absolute Gasteiger partial charge is 0.138 e. The van der Waals surface area contributed by atoms with Crippen molar-refractivity contribution < 1.29 is 9.84 Å². The van der Waals surface area contributed by atoms with Crippen molar-refractivity contribution in [3.63, 3.8) is 0 Å². The second-order valence-electron chi connectivity index (χ2n) is 6.83. The van der Waals surface area contributed by atoms with Gasteiger partial charge in [0.15, 0.2) is 0 Å². The molecule has 1 aromatic rings. The van der Waals surface area contributed by atoms with Gasteiger partial charge in [-0.2, -0.15) is 0 Å². The third-order valence-electron chi connectivity index (χ3n) is 3.99. The molecule has 1 aromatic heterocycles. The molecule has 0 spiro atoms. The highest BCUT2D eigenvalue weighted by Gasteiger charge is 2.33. The van der Waals surface area contributed by atoms with E-state index in [2.05, 4.69) is 36.1 Å². The second-order valence-corrected chi connectivity index (χ2v) is 6.83. The maximum atomic E-state index is 9.80.